The molecule has 0 spiro atoms. The van der Waals surface area contributed by atoms with Crippen LogP contribution in [0.2, 0.25) is 1.94 Å². The van der Waals surface area contributed by atoms with Crippen molar-refractivity contribution < 1.29 is 59.4 Å². The van der Waals surface area contributed by atoms with Crippen molar-refractivity contribution in [3.63, 3.8) is 0 Å². The summed E-state index contributed by atoms with van der Waals surface area (Å²) in [7, 11) is 0. The molecule has 17 heavy (non-hydrogen) atoms. The number of para-hydroxylation sites is 1. The van der Waals surface area contributed by atoms with Gasteiger partial charge in [0.2, 0.25) is 0 Å². The van der Waals surface area contributed by atoms with Crippen LogP contribution in [-0.4, -0.2) is 0 Å². The summed E-state index contributed by atoms with van der Waals surface area (Å²) in [5, 5.41) is 0. The maximum absolute atomic E-state index is 6.23. The van der Waals surface area contributed by atoms with Gasteiger partial charge in [0, 0.05) is 22.4 Å². The third-order valence-electron chi connectivity index (χ3n) is 2.92. The molecule has 2 aromatic rings. The van der Waals surface area contributed by atoms with Crippen LogP contribution < -0.4 is 2.03 Å². The molecule has 0 fully saturated rings. The minimum absolute atomic E-state index is 0. The molecule has 0 bridgehead atoms. The number of benzene rings is 2. The van der Waals surface area contributed by atoms with Gasteiger partial charge in [-0.1, -0.05) is 0 Å². The zero-order valence-electron chi connectivity index (χ0n) is 9.32. The molecule has 0 N–H and O–H groups in total. The van der Waals surface area contributed by atoms with Crippen LogP contribution >= 0.6 is 0 Å². The van der Waals surface area contributed by atoms with Crippen molar-refractivity contribution in [2.24, 2.45) is 0 Å². The van der Waals surface area contributed by atoms with E-state index in [2.05, 4.69) is 54.6 Å². The molecule has 1 nitrogen and oxygen atoms in total. The van der Waals surface area contributed by atoms with Gasteiger partial charge < -0.3 is 0 Å². The second kappa shape index (κ2) is 6.50. The first-order valence-corrected chi connectivity index (χ1v) is 10.7. The van der Waals surface area contributed by atoms with E-state index < -0.39 is 36.1 Å². The van der Waals surface area contributed by atoms with E-state index in [4.69, 9.17) is 0.951 Å². The van der Waals surface area contributed by atoms with E-state index in [1.165, 1.54) is 15.0 Å². The van der Waals surface area contributed by atoms with E-state index >= 15 is 0 Å². The predicted molar refractivity (Wildman–Crippen MR) is 61.7 cm³/mol. The van der Waals surface area contributed by atoms with Crippen LogP contribution in [0.4, 0.5) is 0 Å². The molecule has 2 aromatic carbocycles. The Morgan fingerprint density at radius 2 is 1.59 bits per heavy atom. The van der Waals surface area contributed by atoms with E-state index in [1.807, 2.05) is 0 Å². The Labute approximate surface area is 133 Å². The second-order valence-corrected chi connectivity index (χ2v) is 10.7. The SMILES string of the molecule is [Au].c1cc[c]([Ce]2[CH2]Cc3ccccc3[O]2)cc1. The average molecular weight is 534 g/mol. The molecule has 90 valence electrons. The average Bonchev–Trinajstić information content (AvgIpc) is 2.39. The Morgan fingerprint density at radius 1 is 0.882 bits per heavy atom. The van der Waals surface area contributed by atoms with Crippen LogP contribution in [0.15, 0.2) is 54.6 Å². The summed E-state index contributed by atoms with van der Waals surface area (Å²) in [6.45, 7) is 0. The molecule has 1 radical (unpaired) electrons. The van der Waals surface area contributed by atoms with Gasteiger partial charge in [-0.05, 0) is 0 Å². The molecule has 1 heterocycles. The number of hydrogen-bond donors (Lipinski definition) is 0. The van der Waals surface area contributed by atoms with Crippen LogP contribution in [0.3, 0.4) is 0 Å². The van der Waals surface area contributed by atoms with Gasteiger partial charge >= 0.3 is 112 Å². The van der Waals surface area contributed by atoms with Crippen LogP contribution in [0.25, 0.3) is 0 Å². The molecule has 1 aliphatic rings. The van der Waals surface area contributed by atoms with Crippen molar-refractivity contribution in [2.45, 2.75) is 8.36 Å². The van der Waals surface area contributed by atoms with Crippen molar-refractivity contribution in [2.75, 3.05) is 0 Å². The zero-order valence-corrected chi connectivity index (χ0v) is 14.6. The summed E-state index contributed by atoms with van der Waals surface area (Å²) in [4.78, 5) is 0. The number of hydrogen-bond acceptors (Lipinski definition) is 1. The van der Waals surface area contributed by atoms with E-state index in [-0.39, 0.29) is 22.4 Å². The molecule has 0 aliphatic carbocycles. The minimum atomic E-state index is -1.99. The van der Waals surface area contributed by atoms with Gasteiger partial charge in [-0.2, -0.15) is 0 Å². The van der Waals surface area contributed by atoms with Gasteiger partial charge in [-0.25, -0.2) is 0 Å². The Bertz CT molecular complexity index is 487. The Hall–Kier alpha value is 0.357. The molecule has 3 heteroatoms. The van der Waals surface area contributed by atoms with E-state index in [9.17, 15) is 0 Å². The van der Waals surface area contributed by atoms with Crippen LogP contribution in [0.1, 0.15) is 5.56 Å². The molecule has 0 saturated heterocycles. The fraction of sp³-hybridized carbons (Fsp3) is 0.143. The van der Waals surface area contributed by atoms with Gasteiger partial charge in [-0.15, -0.1) is 0 Å². The number of fused-ring (bicyclic) bond motifs is 1. The number of rotatable bonds is 1. The Kier molecular flexibility index (Phi) is 5.27. The second-order valence-electron chi connectivity index (χ2n) is 4.00. The van der Waals surface area contributed by atoms with Crippen molar-refractivity contribution in [3.8, 4) is 5.75 Å². The fourth-order valence-corrected chi connectivity index (χ4v) is 8.46. The molecule has 3 rings (SSSR count). The van der Waals surface area contributed by atoms with E-state index in [1.54, 1.807) is 0 Å². The first kappa shape index (κ1) is 13.8. The van der Waals surface area contributed by atoms with Crippen molar-refractivity contribution >= 4 is 1.08 Å². The van der Waals surface area contributed by atoms with Gasteiger partial charge in [0.25, 0.3) is 0 Å². The quantitative estimate of drug-likeness (QED) is 0.512. The van der Waals surface area contributed by atoms with Gasteiger partial charge in [0.15, 0.2) is 0 Å². The molecule has 0 amide bonds. The van der Waals surface area contributed by atoms with Crippen LogP contribution in [0, 0.1) is 36.1 Å². The summed E-state index contributed by atoms with van der Waals surface area (Å²) < 4.78 is 9.00. The topological polar surface area (TPSA) is 9.23 Å². The van der Waals surface area contributed by atoms with Gasteiger partial charge in [0.05, 0.1) is 0 Å². The Morgan fingerprint density at radius 3 is 2.41 bits per heavy atom. The third kappa shape index (κ3) is 3.22. The van der Waals surface area contributed by atoms with E-state index in [0.717, 1.165) is 5.75 Å². The summed E-state index contributed by atoms with van der Waals surface area (Å²) in [6.07, 6.45) is 1.20. The third-order valence-corrected chi connectivity index (χ3v) is 9.67. The molecule has 0 unspecified atom stereocenters. The monoisotopic (exact) mass is 534 g/mol. The molecular formula is C14H13AuCeO. The molecule has 0 atom stereocenters. The molecule has 1 aliphatic heterocycles. The zero-order chi connectivity index (χ0) is 10.8. The predicted octanol–water partition coefficient (Wildman–Crippen LogP) is 2.90. The summed E-state index contributed by atoms with van der Waals surface area (Å²) in [5.74, 6) is 1.14. The fourth-order valence-electron chi connectivity index (χ4n) is 2.07. The van der Waals surface area contributed by atoms with Gasteiger partial charge in [-0.3, -0.25) is 0 Å². The number of aryl methyl sites for hydroxylation is 1. The first-order valence-electron chi connectivity index (χ1n) is 5.60. The van der Waals surface area contributed by atoms with Crippen molar-refractivity contribution in [1.29, 1.82) is 0 Å². The maximum atomic E-state index is 6.23. The Balaban J connectivity index is 0.00000108. The summed E-state index contributed by atoms with van der Waals surface area (Å²) in [5.41, 5.74) is 1.38. The molecular weight excluding hydrogens is 521 g/mol. The van der Waals surface area contributed by atoms with Crippen molar-refractivity contribution in [1.82, 2.24) is 0 Å². The molecule has 0 aromatic heterocycles. The van der Waals surface area contributed by atoms with Crippen LogP contribution in [-0.2, 0) is 28.8 Å². The normalized spacial score (nSPS) is 13.3. The molecule has 0 saturated carbocycles. The standard InChI is InChI=1S/C8H9O.C6H5.Au.Ce/c1-2-7-5-3-4-6-8(7)9;1-2-4-6-5-3-1;;/h3-6,9H,1-2H2;1-5H;;/q;;;+1/p-1. The first-order chi connectivity index (χ1) is 7.93. The van der Waals surface area contributed by atoms with Gasteiger partial charge in [0.1, 0.15) is 0 Å². The van der Waals surface area contributed by atoms with Crippen molar-refractivity contribution in [3.05, 3.63) is 60.2 Å². The summed E-state index contributed by atoms with van der Waals surface area (Å²) in [6, 6.07) is 19.2. The van der Waals surface area contributed by atoms with Crippen LogP contribution in [0.5, 0.6) is 5.75 Å². The van der Waals surface area contributed by atoms with E-state index in [0.29, 0.717) is 0 Å². The summed E-state index contributed by atoms with van der Waals surface area (Å²) >= 11 is -1.99.